The molecule has 31 heavy (non-hydrogen) atoms. The summed E-state index contributed by atoms with van der Waals surface area (Å²) in [7, 11) is -3.77. The molecule has 0 saturated carbocycles. The summed E-state index contributed by atoms with van der Waals surface area (Å²) < 4.78 is 26.7. The van der Waals surface area contributed by atoms with Crippen LogP contribution >= 0.6 is 0 Å². The lowest BCUT2D eigenvalue weighted by Gasteiger charge is -2.10. The lowest BCUT2D eigenvalue weighted by Crippen LogP contribution is -2.24. The number of benzene rings is 3. The minimum Gasteiger partial charge on any atom is -0.385 e. The second-order valence-corrected chi connectivity index (χ2v) is 8.52. The molecule has 0 unspecified atom stereocenters. The van der Waals surface area contributed by atoms with Crippen LogP contribution in [0.5, 0.6) is 0 Å². The topological polar surface area (TPSA) is 87.3 Å². The highest BCUT2D eigenvalue weighted by Gasteiger charge is 2.15. The zero-order valence-electron chi connectivity index (χ0n) is 16.8. The highest BCUT2D eigenvalue weighted by Crippen LogP contribution is 2.16. The molecule has 0 radical (unpaired) electrons. The van der Waals surface area contributed by atoms with Gasteiger partial charge in [0.15, 0.2) is 0 Å². The number of hydrogen-bond donors (Lipinski definition) is 3. The summed E-state index contributed by atoms with van der Waals surface area (Å²) in [5.74, 6) is 1.81. The molecule has 0 aliphatic heterocycles. The van der Waals surface area contributed by atoms with Crippen molar-refractivity contribution < 1.29 is 13.2 Å². The van der Waals surface area contributed by atoms with E-state index in [1.165, 1.54) is 23.8 Å². The quantitative estimate of drug-likeness (QED) is 0.451. The van der Waals surface area contributed by atoms with E-state index in [2.05, 4.69) is 33.4 Å². The molecule has 0 saturated heterocycles. The first kappa shape index (κ1) is 22.1. The Morgan fingerprint density at radius 2 is 1.61 bits per heavy atom. The van der Waals surface area contributed by atoms with E-state index < -0.39 is 15.9 Å². The number of sulfonamides is 1. The van der Waals surface area contributed by atoms with E-state index in [1.54, 1.807) is 18.2 Å². The maximum absolute atomic E-state index is 12.5. The lowest BCUT2D eigenvalue weighted by atomic mass is 10.1. The molecule has 3 rings (SSSR count). The maximum Gasteiger partial charge on any atom is 0.255 e. The summed E-state index contributed by atoms with van der Waals surface area (Å²) >= 11 is 0. The van der Waals surface area contributed by atoms with E-state index in [-0.39, 0.29) is 17.0 Å². The molecule has 0 aliphatic rings. The number of nitrogens with one attached hydrogen (secondary N) is 3. The average Bonchev–Trinajstić information content (AvgIpc) is 2.80. The Labute approximate surface area is 182 Å². The van der Waals surface area contributed by atoms with Gasteiger partial charge in [-0.3, -0.25) is 4.79 Å². The summed E-state index contributed by atoms with van der Waals surface area (Å²) in [5.41, 5.74) is 3.05. The van der Waals surface area contributed by atoms with Crippen molar-refractivity contribution in [2.45, 2.75) is 11.3 Å². The van der Waals surface area contributed by atoms with Gasteiger partial charge >= 0.3 is 0 Å². The fourth-order valence-corrected chi connectivity index (χ4v) is 3.87. The van der Waals surface area contributed by atoms with E-state index >= 15 is 0 Å². The van der Waals surface area contributed by atoms with Crippen molar-refractivity contribution in [3.8, 4) is 12.3 Å². The van der Waals surface area contributed by atoms with Crippen LogP contribution in [0.15, 0.2) is 83.8 Å². The van der Waals surface area contributed by atoms with Crippen molar-refractivity contribution in [1.82, 2.24) is 4.72 Å². The van der Waals surface area contributed by atoms with Crippen LogP contribution in [0, 0.1) is 12.3 Å². The number of carbonyl (C=O) groups excluding carboxylic acids is 1. The van der Waals surface area contributed by atoms with Crippen LogP contribution in [0.1, 0.15) is 15.9 Å². The van der Waals surface area contributed by atoms with Gasteiger partial charge in [-0.15, -0.1) is 6.42 Å². The monoisotopic (exact) mass is 433 g/mol. The molecular weight excluding hydrogens is 410 g/mol. The summed E-state index contributed by atoms with van der Waals surface area (Å²) in [6.45, 7) is 0.676. The van der Waals surface area contributed by atoms with Crippen LogP contribution in [0.4, 0.5) is 11.4 Å². The van der Waals surface area contributed by atoms with Crippen molar-refractivity contribution >= 4 is 27.3 Å². The largest absolute Gasteiger partial charge is 0.385 e. The number of hydrogen-bond acceptors (Lipinski definition) is 4. The molecule has 0 atom stereocenters. The van der Waals surface area contributed by atoms with Crippen LogP contribution in [-0.2, 0) is 16.4 Å². The molecular formula is C24H23N3O3S. The van der Waals surface area contributed by atoms with Gasteiger partial charge in [0.05, 0.1) is 11.4 Å². The van der Waals surface area contributed by atoms with Crippen LogP contribution in [0.3, 0.4) is 0 Å². The molecule has 0 aromatic heterocycles. The van der Waals surface area contributed by atoms with E-state index in [1.807, 2.05) is 30.3 Å². The Morgan fingerprint density at radius 1 is 0.903 bits per heavy atom. The highest BCUT2D eigenvalue weighted by molar-refractivity contribution is 7.89. The minimum atomic E-state index is -3.77. The van der Waals surface area contributed by atoms with Crippen LogP contribution in [0.2, 0.25) is 0 Å². The molecule has 1 amide bonds. The number of amides is 1. The average molecular weight is 434 g/mol. The molecule has 3 aromatic carbocycles. The molecule has 7 heteroatoms. The lowest BCUT2D eigenvalue weighted by molar-refractivity contribution is 0.102. The Bertz CT molecular complexity index is 1170. The van der Waals surface area contributed by atoms with Crippen molar-refractivity contribution in [2.24, 2.45) is 0 Å². The van der Waals surface area contributed by atoms with Crippen LogP contribution in [0.25, 0.3) is 0 Å². The van der Waals surface area contributed by atoms with Gasteiger partial charge in [0.25, 0.3) is 5.91 Å². The van der Waals surface area contributed by atoms with Gasteiger partial charge in [-0.05, 0) is 54.4 Å². The Balaban J connectivity index is 1.58. The van der Waals surface area contributed by atoms with E-state index in [0.717, 1.165) is 18.7 Å². The van der Waals surface area contributed by atoms with Gasteiger partial charge in [-0.25, -0.2) is 8.42 Å². The Morgan fingerprint density at radius 3 is 2.32 bits per heavy atom. The van der Waals surface area contributed by atoms with Crippen molar-refractivity contribution in [3.63, 3.8) is 0 Å². The SMILES string of the molecule is C#CCNS(=O)(=O)c1cccc(C(=O)Nc2ccc(NCCc3ccccc3)cc2)c1. The second-order valence-electron chi connectivity index (χ2n) is 6.75. The molecule has 0 heterocycles. The summed E-state index contributed by atoms with van der Waals surface area (Å²) in [4.78, 5) is 12.5. The van der Waals surface area contributed by atoms with Gasteiger partial charge in [-0.2, -0.15) is 4.72 Å². The Kier molecular flexibility index (Phi) is 7.44. The zero-order valence-corrected chi connectivity index (χ0v) is 17.7. The molecule has 6 nitrogen and oxygen atoms in total. The second kappa shape index (κ2) is 10.4. The first-order valence-corrected chi connectivity index (χ1v) is 11.2. The third-order valence-corrected chi connectivity index (χ3v) is 5.90. The molecule has 0 bridgehead atoms. The van der Waals surface area contributed by atoms with Crippen molar-refractivity contribution in [1.29, 1.82) is 0 Å². The molecule has 3 N–H and O–H groups in total. The number of anilines is 2. The predicted octanol–water partition coefficient (Wildman–Crippen LogP) is 3.51. The zero-order chi connectivity index (χ0) is 22.1. The van der Waals surface area contributed by atoms with Crippen molar-refractivity contribution in [2.75, 3.05) is 23.7 Å². The van der Waals surface area contributed by atoms with Crippen LogP contribution in [-0.4, -0.2) is 27.4 Å². The molecule has 3 aromatic rings. The van der Waals surface area contributed by atoms with Gasteiger partial charge in [0.1, 0.15) is 0 Å². The predicted molar refractivity (Wildman–Crippen MR) is 123 cm³/mol. The molecule has 0 spiro atoms. The smallest absolute Gasteiger partial charge is 0.255 e. The summed E-state index contributed by atoms with van der Waals surface area (Å²) in [6.07, 6.45) is 6.01. The van der Waals surface area contributed by atoms with E-state index in [9.17, 15) is 13.2 Å². The van der Waals surface area contributed by atoms with Gasteiger partial charge in [0, 0.05) is 23.5 Å². The minimum absolute atomic E-state index is 0.0200. The fraction of sp³-hybridized carbons (Fsp3) is 0.125. The normalized spacial score (nSPS) is 10.8. The third kappa shape index (κ3) is 6.44. The van der Waals surface area contributed by atoms with Crippen molar-refractivity contribution in [3.05, 3.63) is 90.0 Å². The first-order valence-electron chi connectivity index (χ1n) is 9.70. The Hall–Kier alpha value is -3.60. The molecule has 0 aliphatic carbocycles. The summed E-state index contributed by atoms with van der Waals surface area (Å²) in [5, 5.41) is 6.12. The van der Waals surface area contributed by atoms with Gasteiger partial charge in [0.2, 0.25) is 10.0 Å². The first-order chi connectivity index (χ1) is 15.0. The number of rotatable bonds is 9. The standard InChI is InChI=1S/C24H23N3O3S/c1-2-16-26-31(29,30)23-10-6-9-20(18-23)24(28)27-22-13-11-21(12-14-22)25-17-15-19-7-4-3-5-8-19/h1,3-14,18,25-26H,15-17H2,(H,27,28). The van der Waals surface area contributed by atoms with Crippen LogP contribution < -0.4 is 15.4 Å². The highest BCUT2D eigenvalue weighted by atomic mass is 32.2. The van der Waals surface area contributed by atoms with E-state index in [0.29, 0.717) is 5.69 Å². The van der Waals surface area contributed by atoms with E-state index in [4.69, 9.17) is 6.42 Å². The molecule has 0 fully saturated rings. The maximum atomic E-state index is 12.5. The summed E-state index contributed by atoms with van der Waals surface area (Å²) in [6, 6.07) is 23.3. The number of terminal acetylenes is 1. The number of carbonyl (C=O) groups is 1. The fourth-order valence-electron chi connectivity index (χ4n) is 2.90. The third-order valence-electron chi connectivity index (χ3n) is 4.50. The molecule has 158 valence electrons. The van der Waals surface area contributed by atoms with Gasteiger partial charge < -0.3 is 10.6 Å². The van der Waals surface area contributed by atoms with Gasteiger partial charge in [-0.1, -0.05) is 42.3 Å².